The number of carbonyl (C=O) groups excluding carboxylic acids is 1. The molecule has 0 aliphatic heterocycles. The van der Waals surface area contributed by atoms with Gasteiger partial charge in [-0.15, -0.1) is 0 Å². The van der Waals surface area contributed by atoms with Gasteiger partial charge in [0.15, 0.2) is 5.76 Å². The molecule has 0 aliphatic carbocycles. The number of nitrogens with zero attached hydrogens (tertiary/aromatic N) is 2. The van der Waals surface area contributed by atoms with Gasteiger partial charge in [0, 0.05) is 35.2 Å². The van der Waals surface area contributed by atoms with Gasteiger partial charge in [-0.25, -0.2) is 8.42 Å². The Morgan fingerprint density at radius 2 is 2.07 bits per heavy atom. The van der Waals surface area contributed by atoms with Crippen molar-refractivity contribution in [2.45, 2.75) is 26.8 Å². The summed E-state index contributed by atoms with van der Waals surface area (Å²) < 4.78 is 34.7. The summed E-state index contributed by atoms with van der Waals surface area (Å²) in [5, 5.41) is 7.51. The average Bonchev–Trinajstić information content (AvgIpc) is 3.25. The Balaban J connectivity index is 2.27. The molecule has 2 N–H and O–H groups in total. The lowest BCUT2D eigenvalue weighted by Crippen LogP contribution is -2.18. The second kappa shape index (κ2) is 7.59. The van der Waals surface area contributed by atoms with E-state index in [1.54, 1.807) is 43.0 Å². The summed E-state index contributed by atoms with van der Waals surface area (Å²) in [6, 6.07) is 5.09. The fraction of sp³-hybridized carbons (Fsp3) is 0.333. The first kappa shape index (κ1) is 20.4. The molecule has 8 nitrogen and oxygen atoms in total. The number of fused-ring (bicyclic) bond motifs is 1. The second-order valence-electron chi connectivity index (χ2n) is 6.47. The summed E-state index contributed by atoms with van der Waals surface area (Å²) in [7, 11) is -1.92. The highest BCUT2D eigenvalue weighted by atomic mass is 79.9. The van der Waals surface area contributed by atoms with E-state index in [-0.39, 0.29) is 17.7 Å². The fourth-order valence-electron chi connectivity index (χ4n) is 2.87. The Hall–Kier alpha value is -2.33. The van der Waals surface area contributed by atoms with Crippen LogP contribution in [0.25, 0.3) is 22.4 Å². The predicted octanol–water partition coefficient (Wildman–Crippen LogP) is 3.76. The van der Waals surface area contributed by atoms with E-state index < -0.39 is 10.0 Å². The number of rotatable bonds is 6. The third kappa shape index (κ3) is 3.66. The number of anilines is 1. The van der Waals surface area contributed by atoms with Crippen molar-refractivity contribution in [3.05, 3.63) is 34.4 Å². The number of amides is 1. The average molecular weight is 469 g/mol. The number of sulfonamides is 1. The highest BCUT2D eigenvalue weighted by Crippen LogP contribution is 2.38. The zero-order chi connectivity index (χ0) is 20.6. The molecule has 0 radical (unpaired) electrons. The Kier molecular flexibility index (Phi) is 5.53. The molecule has 0 saturated carbocycles. The number of halogens is 1. The Bertz CT molecular complexity index is 1150. The lowest BCUT2D eigenvalue weighted by molar-refractivity contribution is 0.0964. The molecule has 0 fully saturated rings. The van der Waals surface area contributed by atoms with Crippen LogP contribution in [0.2, 0.25) is 0 Å². The van der Waals surface area contributed by atoms with Gasteiger partial charge in [-0.1, -0.05) is 0 Å². The maximum atomic E-state index is 12.6. The van der Waals surface area contributed by atoms with Crippen molar-refractivity contribution in [1.82, 2.24) is 15.1 Å². The Labute approximate surface area is 171 Å². The van der Waals surface area contributed by atoms with E-state index in [1.807, 2.05) is 13.8 Å². The summed E-state index contributed by atoms with van der Waals surface area (Å²) in [6.45, 7) is 5.51. The van der Waals surface area contributed by atoms with E-state index >= 15 is 0 Å². The first-order chi connectivity index (χ1) is 13.2. The van der Waals surface area contributed by atoms with Crippen molar-refractivity contribution in [2.75, 3.05) is 17.5 Å². The highest BCUT2D eigenvalue weighted by Gasteiger charge is 2.25. The first-order valence-corrected chi connectivity index (χ1v) is 11.2. The number of hydrogen-bond acceptors (Lipinski definition) is 5. The molecule has 2 aromatic heterocycles. The minimum absolute atomic E-state index is 0.0576. The minimum Gasteiger partial charge on any atom is -0.453 e. The summed E-state index contributed by atoms with van der Waals surface area (Å²) in [5.74, 6) is 0.0137. The van der Waals surface area contributed by atoms with Crippen molar-refractivity contribution < 1.29 is 17.6 Å². The van der Waals surface area contributed by atoms with Crippen molar-refractivity contribution in [2.24, 2.45) is 0 Å². The molecule has 1 amide bonds. The van der Waals surface area contributed by atoms with Gasteiger partial charge in [0.1, 0.15) is 11.3 Å². The van der Waals surface area contributed by atoms with E-state index in [2.05, 4.69) is 31.1 Å². The smallest absolute Gasteiger partial charge is 0.255 e. The first-order valence-electron chi connectivity index (χ1n) is 8.71. The predicted molar refractivity (Wildman–Crippen MR) is 112 cm³/mol. The maximum Gasteiger partial charge on any atom is 0.255 e. The van der Waals surface area contributed by atoms with Crippen LogP contribution in [0.1, 0.15) is 37.2 Å². The van der Waals surface area contributed by atoms with Crippen molar-refractivity contribution in [3.63, 3.8) is 0 Å². The zero-order valence-electron chi connectivity index (χ0n) is 15.9. The molecule has 0 aliphatic rings. The third-order valence-corrected chi connectivity index (χ3v) is 6.22. The van der Waals surface area contributed by atoms with Gasteiger partial charge in [0.05, 0.1) is 17.0 Å². The molecule has 10 heteroatoms. The second-order valence-corrected chi connectivity index (χ2v) is 9.34. The minimum atomic E-state index is -3.46. The summed E-state index contributed by atoms with van der Waals surface area (Å²) in [5.41, 5.74) is 1.76. The van der Waals surface area contributed by atoms with Crippen LogP contribution in [0.4, 0.5) is 5.69 Å². The molecule has 3 rings (SSSR count). The van der Waals surface area contributed by atoms with Gasteiger partial charge in [0.25, 0.3) is 5.91 Å². The van der Waals surface area contributed by atoms with Gasteiger partial charge < -0.3 is 9.73 Å². The van der Waals surface area contributed by atoms with Crippen LogP contribution in [-0.2, 0) is 10.0 Å². The molecule has 0 saturated heterocycles. The summed E-state index contributed by atoms with van der Waals surface area (Å²) >= 11 is 3.38. The fourth-order valence-corrected chi connectivity index (χ4v) is 4.09. The Morgan fingerprint density at radius 3 is 2.68 bits per heavy atom. The monoisotopic (exact) mass is 468 g/mol. The van der Waals surface area contributed by atoms with Crippen molar-refractivity contribution in [1.29, 1.82) is 0 Å². The summed E-state index contributed by atoms with van der Waals surface area (Å²) in [4.78, 5) is 12.6. The number of aromatic nitrogens is 2. The summed E-state index contributed by atoms with van der Waals surface area (Å²) in [6.07, 6.45) is 1.65. The standard InChI is InChI=1S/C18H21BrN4O4S/c1-5-28(25,26)22-13-9-15-11(8-12(13)19)16(18(24)20-4)17(27-15)14-6-7-21-23(14)10(2)3/h6-10,22H,5H2,1-4H3,(H,20,24). The normalized spacial score (nSPS) is 11.9. The van der Waals surface area contributed by atoms with Gasteiger partial charge in [-0.05, 0) is 48.8 Å². The molecule has 0 bridgehead atoms. The quantitative estimate of drug-likeness (QED) is 0.572. The molecule has 0 atom stereocenters. The van der Waals surface area contributed by atoms with Crippen LogP contribution in [0.3, 0.4) is 0 Å². The number of benzene rings is 1. The van der Waals surface area contributed by atoms with E-state index in [9.17, 15) is 13.2 Å². The van der Waals surface area contributed by atoms with Gasteiger partial charge >= 0.3 is 0 Å². The van der Waals surface area contributed by atoms with Gasteiger partial charge in [-0.3, -0.25) is 14.2 Å². The van der Waals surface area contributed by atoms with E-state index in [4.69, 9.17) is 4.42 Å². The number of hydrogen-bond donors (Lipinski definition) is 2. The van der Waals surface area contributed by atoms with Crippen LogP contribution in [0.5, 0.6) is 0 Å². The zero-order valence-corrected chi connectivity index (χ0v) is 18.3. The molecule has 3 aromatic rings. The van der Waals surface area contributed by atoms with Crippen LogP contribution < -0.4 is 10.0 Å². The molecule has 0 unspecified atom stereocenters. The topological polar surface area (TPSA) is 106 Å². The van der Waals surface area contributed by atoms with Crippen LogP contribution in [-0.4, -0.2) is 36.9 Å². The SMILES string of the molecule is CCS(=O)(=O)Nc1cc2oc(-c3ccnn3C(C)C)c(C(=O)NC)c2cc1Br. The number of nitrogens with one attached hydrogen (secondary N) is 2. The van der Waals surface area contributed by atoms with E-state index in [0.717, 1.165) is 0 Å². The number of furan rings is 1. The lowest BCUT2D eigenvalue weighted by atomic mass is 10.1. The molecule has 0 spiro atoms. The molecular formula is C18H21BrN4O4S. The van der Waals surface area contributed by atoms with Gasteiger partial charge in [-0.2, -0.15) is 5.10 Å². The van der Waals surface area contributed by atoms with Crippen molar-refractivity contribution >= 4 is 48.5 Å². The largest absolute Gasteiger partial charge is 0.453 e. The van der Waals surface area contributed by atoms with Crippen LogP contribution >= 0.6 is 15.9 Å². The maximum absolute atomic E-state index is 12.6. The lowest BCUT2D eigenvalue weighted by Gasteiger charge is -2.10. The molecular weight excluding hydrogens is 448 g/mol. The molecule has 2 heterocycles. The van der Waals surface area contributed by atoms with Crippen molar-refractivity contribution in [3.8, 4) is 11.5 Å². The molecule has 1 aromatic carbocycles. The van der Waals surface area contributed by atoms with Crippen LogP contribution in [0.15, 0.2) is 33.3 Å². The highest BCUT2D eigenvalue weighted by molar-refractivity contribution is 9.10. The molecule has 28 heavy (non-hydrogen) atoms. The van der Waals surface area contributed by atoms with Crippen LogP contribution in [0, 0.1) is 0 Å². The third-order valence-electron chi connectivity index (χ3n) is 4.27. The number of carbonyl (C=O) groups is 1. The molecule has 150 valence electrons. The Morgan fingerprint density at radius 1 is 1.36 bits per heavy atom. The van der Waals surface area contributed by atoms with E-state index in [0.29, 0.717) is 38.1 Å². The van der Waals surface area contributed by atoms with Gasteiger partial charge in [0.2, 0.25) is 10.0 Å². The van der Waals surface area contributed by atoms with E-state index in [1.165, 1.54) is 0 Å².